The van der Waals surface area contributed by atoms with E-state index in [1.165, 1.54) is 31.4 Å². The van der Waals surface area contributed by atoms with Gasteiger partial charge in [0, 0.05) is 56.2 Å². The third-order valence-electron chi connectivity index (χ3n) is 6.23. The molecule has 0 spiro atoms. The molecule has 3 heterocycles. The van der Waals surface area contributed by atoms with E-state index in [9.17, 15) is 0 Å². The molecule has 1 atom stereocenters. The number of hydrogen-bond acceptors (Lipinski definition) is 6. The van der Waals surface area contributed by atoms with Crippen LogP contribution in [0, 0.1) is 6.92 Å². The zero-order chi connectivity index (χ0) is 20.2. The lowest BCUT2D eigenvalue weighted by Gasteiger charge is -2.36. The highest BCUT2D eigenvalue weighted by Crippen LogP contribution is 2.28. The second kappa shape index (κ2) is 8.99. The minimum Gasteiger partial charge on any atom is -0.369 e. The number of hydrogen-bond donors (Lipinski definition) is 1. The van der Waals surface area contributed by atoms with E-state index in [1.807, 2.05) is 6.92 Å². The third kappa shape index (κ3) is 4.81. The van der Waals surface area contributed by atoms with Gasteiger partial charge in [-0.3, -0.25) is 0 Å². The van der Waals surface area contributed by atoms with Crippen LogP contribution in [0.15, 0.2) is 30.3 Å². The fourth-order valence-corrected chi connectivity index (χ4v) is 4.46. The molecule has 0 saturated carbocycles. The SMILES string of the molecule is CCC1CCCCN1c1cc(Nc2ccc(N3CCN(C)CC3)cc2)nc(C)n1. The van der Waals surface area contributed by atoms with Gasteiger partial charge in [-0.05, 0) is 63.9 Å². The van der Waals surface area contributed by atoms with Gasteiger partial charge in [-0.15, -0.1) is 0 Å². The van der Waals surface area contributed by atoms with Crippen LogP contribution in [0.2, 0.25) is 0 Å². The van der Waals surface area contributed by atoms with Gasteiger partial charge in [0.1, 0.15) is 17.5 Å². The molecule has 1 N–H and O–H groups in total. The highest BCUT2D eigenvalue weighted by atomic mass is 15.2. The quantitative estimate of drug-likeness (QED) is 0.826. The summed E-state index contributed by atoms with van der Waals surface area (Å²) in [4.78, 5) is 16.7. The maximum atomic E-state index is 4.74. The van der Waals surface area contributed by atoms with Crippen LogP contribution in [0.1, 0.15) is 38.4 Å². The average Bonchev–Trinajstić information content (AvgIpc) is 2.74. The summed E-state index contributed by atoms with van der Waals surface area (Å²) in [5.74, 6) is 2.75. The number of likely N-dealkylation sites (N-methyl/N-ethyl adjacent to an activating group) is 1. The molecule has 4 rings (SSSR count). The molecule has 156 valence electrons. The monoisotopic (exact) mass is 394 g/mol. The van der Waals surface area contributed by atoms with E-state index in [0.717, 1.165) is 55.9 Å². The summed E-state index contributed by atoms with van der Waals surface area (Å²) in [6.07, 6.45) is 5.00. The molecule has 1 unspecified atom stereocenters. The number of aromatic nitrogens is 2. The van der Waals surface area contributed by atoms with Gasteiger partial charge in [-0.25, -0.2) is 9.97 Å². The van der Waals surface area contributed by atoms with Gasteiger partial charge >= 0.3 is 0 Å². The Morgan fingerprint density at radius 1 is 1.00 bits per heavy atom. The average molecular weight is 395 g/mol. The van der Waals surface area contributed by atoms with Crippen LogP contribution in [0.5, 0.6) is 0 Å². The largest absolute Gasteiger partial charge is 0.369 e. The zero-order valence-electron chi connectivity index (χ0n) is 18.1. The van der Waals surface area contributed by atoms with Crippen molar-refractivity contribution in [1.29, 1.82) is 0 Å². The van der Waals surface area contributed by atoms with Gasteiger partial charge in [-0.2, -0.15) is 0 Å². The maximum absolute atomic E-state index is 4.74. The number of anilines is 4. The molecule has 0 aliphatic carbocycles. The van der Waals surface area contributed by atoms with E-state index in [1.54, 1.807) is 0 Å². The lowest BCUT2D eigenvalue weighted by molar-refractivity contribution is 0.313. The first-order chi connectivity index (χ1) is 14.1. The number of piperidine rings is 1. The van der Waals surface area contributed by atoms with Crippen LogP contribution >= 0.6 is 0 Å². The second-order valence-corrected chi connectivity index (χ2v) is 8.37. The molecule has 0 radical (unpaired) electrons. The predicted molar refractivity (Wildman–Crippen MR) is 121 cm³/mol. The Balaban J connectivity index is 1.47. The van der Waals surface area contributed by atoms with Crippen LogP contribution in [0.25, 0.3) is 0 Å². The van der Waals surface area contributed by atoms with E-state index in [-0.39, 0.29) is 0 Å². The first kappa shape index (κ1) is 20.0. The lowest BCUT2D eigenvalue weighted by atomic mass is 10.00. The van der Waals surface area contributed by atoms with Crippen LogP contribution in [-0.2, 0) is 0 Å². The van der Waals surface area contributed by atoms with Crippen molar-refractivity contribution in [2.24, 2.45) is 0 Å². The van der Waals surface area contributed by atoms with Gasteiger partial charge < -0.3 is 20.0 Å². The molecule has 2 fully saturated rings. The Hall–Kier alpha value is -2.34. The normalized spacial score (nSPS) is 20.7. The van der Waals surface area contributed by atoms with Gasteiger partial charge in [0.05, 0.1) is 0 Å². The van der Waals surface area contributed by atoms with Crippen molar-refractivity contribution >= 4 is 23.0 Å². The molecule has 2 aliphatic heterocycles. The lowest BCUT2D eigenvalue weighted by Crippen LogP contribution is -2.44. The number of aryl methyl sites for hydroxylation is 1. The fraction of sp³-hybridized carbons (Fsp3) is 0.565. The summed E-state index contributed by atoms with van der Waals surface area (Å²) < 4.78 is 0. The van der Waals surface area contributed by atoms with Crippen molar-refractivity contribution in [3.05, 3.63) is 36.2 Å². The van der Waals surface area contributed by atoms with Crippen molar-refractivity contribution < 1.29 is 0 Å². The number of nitrogens with one attached hydrogen (secondary N) is 1. The smallest absolute Gasteiger partial charge is 0.136 e. The first-order valence-electron chi connectivity index (χ1n) is 11.1. The number of rotatable bonds is 5. The number of benzene rings is 1. The molecule has 2 saturated heterocycles. The molecule has 1 aromatic heterocycles. The molecule has 6 nitrogen and oxygen atoms in total. The highest BCUT2D eigenvalue weighted by Gasteiger charge is 2.23. The maximum Gasteiger partial charge on any atom is 0.136 e. The third-order valence-corrected chi connectivity index (χ3v) is 6.23. The molecule has 29 heavy (non-hydrogen) atoms. The Bertz CT molecular complexity index is 798. The summed E-state index contributed by atoms with van der Waals surface area (Å²) in [5, 5.41) is 3.49. The van der Waals surface area contributed by atoms with E-state index in [2.05, 4.69) is 69.3 Å². The van der Waals surface area contributed by atoms with Gasteiger partial charge in [0.2, 0.25) is 0 Å². The van der Waals surface area contributed by atoms with Crippen LogP contribution in [0.4, 0.5) is 23.0 Å². The Morgan fingerprint density at radius 2 is 1.76 bits per heavy atom. The van der Waals surface area contributed by atoms with Crippen LogP contribution in [-0.4, -0.2) is 60.7 Å². The summed E-state index contributed by atoms with van der Waals surface area (Å²) in [5.41, 5.74) is 2.36. The zero-order valence-corrected chi connectivity index (χ0v) is 18.1. The molecular weight excluding hydrogens is 360 g/mol. The van der Waals surface area contributed by atoms with Gasteiger partial charge in [0.25, 0.3) is 0 Å². The minimum atomic E-state index is 0.591. The summed E-state index contributed by atoms with van der Waals surface area (Å²) >= 11 is 0. The van der Waals surface area contributed by atoms with E-state index in [4.69, 9.17) is 4.98 Å². The molecule has 0 amide bonds. The number of piperazine rings is 1. The minimum absolute atomic E-state index is 0.591. The van der Waals surface area contributed by atoms with Crippen molar-refractivity contribution in [3.8, 4) is 0 Å². The van der Waals surface area contributed by atoms with Crippen molar-refractivity contribution in [2.45, 2.75) is 45.6 Å². The predicted octanol–water partition coefficient (Wildman–Crippen LogP) is 4.05. The molecule has 0 bridgehead atoms. The van der Waals surface area contributed by atoms with E-state index in [0.29, 0.717) is 6.04 Å². The van der Waals surface area contributed by atoms with E-state index < -0.39 is 0 Å². The molecule has 6 heteroatoms. The van der Waals surface area contributed by atoms with Crippen molar-refractivity contribution in [3.63, 3.8) is 0 Å². The highest BCUT2D eigenvalue weighted by molar-refractivity contribution is 5.63. The topological polar surface area (TPSA) is 47.5 Å². The fourth-order valence-electron chi connectivity index (χ4n) is 4.46. The van der Waals surface area contributed by atoms with Crippen molar-refractivity contribution in [1.82, 2.24) is 14.9 Å². The number of nitrogens with zero attached hydrogens (tertiary/aromatic N) is 5. The van der Waals surface area contributed by atoms with Crippen molar-refractivity contribution in [2.75, 3.05) is 54.9 Å². The van der Waals surface area contributed by atoms with Gasteiger partial charge in [-0.1, -0.05) is 6.92 Å². The van der Waals surface area contributed by atoms with Crippen LogP contribution in [0.3, 0.4) is 0 Å². The Kier molecular flexibility index (Phi) is 6.19. The summed E-state index contributed by atoms with van der Waals surface area (Å²) in [6, 6.07) is 11.4. The molecular formula is C23H34N6. The molecule has 2 aliphatic rings. The van der Waals surface area contributed by atoms with E-state index >= 15 is 0 Å². The summed E-state index contributed by atoms with van der Waals surface area (Å²) in [6.45, 7) is 9.77. The first-order valence-corrected chi connectivity index (χ1v) is 11.1. The molecule has 1 aromatic carbocycles. The molecule has 2 aromatic rings. The Labute approximate surface area is 174 Å². The standard InChI is InChI=1S/C23H34N6/c1-4-20-7-5-6-12-29(20)23-17-22(24-18(2)25-23)26-19-8-10-21(11-9-19)28-15-13-27(3)14-16-28/h8-11,17,20H,4-7,12-16H2,1-3H3,(H,24,25,26). The second-order valence-electron chi connectivity index (χ2n) is 8.37. The van der Waals surface area contributed by atoms with Crippen LogP contribution < -0.4 is 15.1 Å². The Morgan fingerprint density at radius 3 is 2.48 bits per heavy atom. The summed E-state index contributed by atoms with van der Waals surface area (Å²) in [7, 11) is 2.19. The van der Waals surface area contributed by atoms with Gasteiger partial charge in [0.15, 0.2) is 0 Å².